The van der Waals surface area contributed by atoms with Crippen molar-refractivity contribution < 1.29 is 14.3 Å². The zero-order valence-electron chi connectivity index (χ0n) is 12.9. The van der Waals surface area contributed by atoms with Gasteiger partial charge in [0.25, 0.3) is 0 Å². The topological polar surface area (TPSA) is 47.6 Å². The first-order valence-electron chi connectivity index (χ1n) is 7.12. The van der Waals surface area contributed by atoms with Crippen molar-refractivity contribution in [2.75, 3.05) is 19.5 Å². The zero-order valence-corrected chi connectivity index (χ0v) is 12.9. The van der Waals surface area contributed by atoms with Crippen LogP contribution in [0.4, 0.5) is 5.69 Å². The lowest BCUT2D eigenvalue weighted by molar-refractivity contribution is -0.146. The van der Waals surface area contributed by atoms with E-state index < -0.39 is 5.54 Å². The number of carbonyl (C=O) groups is 1. The van der Waals surface area contributed by atoms with E-state index in [1.54, 1.807) is 7.11 Å². The molecule has 0 spiro atoms. The Balaban J connectivity index is 2.99. The summed E-state index contributed by atoms with van der Waals surface area (Å²) in [7, 11) is 3.08. The van der Waals surface area contributed by atoms with E-state index in [0.29, 0.717) is 0 Å². The van der Waals surface area contributed by atoms with Crippen LogP contribution in [0.15, 0.2) is 24.3 Å². The molecule has 4 nitrogen and oxygen atoms in total. The second kappa shape index (κ2) is 7.78. The molecule has 0 saturated heterocycles. The highest BCUT2D eigenvalue weighted by Gasteiger charge is 2.37. The van der Waals surface area contributed by atoms with Gasteiger partial charge < -0.3 is 14.8 Å². The van der Waals surface area contributed by atoms with Crippen molar-refractivity contribution in [3.05, 3.63) is 24.3 Å². The van der Waals surface area contributed by atoms with Gasteiger partial charge in [-0.05, 0) is 37.1 Å². The Morgan fingerprint density at radius 2 is 1.65 bits per heavy atom. The van der Waals surface area contributed by atoms with Crippen molar-refractivity contribution in [3.63, 3.8) is 0 Å². The predicted molar refractivity (Wildman–Crippen MR) is 81.2 cm³/mol. The van der Waals surface area contributed by atoms with Crippen LogP contribution < -0.4 is 10.1 Å². The minimum atomic E-state index is -0.646. The van der Waals surface area contributed by atoms with Crippen LogP contribution in [0.25, 0.3) is 0 Å². The number of benzene rings is 1. The first-order valence-corrected chi connectivity index (χ1v) is 7.12. The van der Waals surface area contributed by atoms with Crippen LogP contribution in [-0.4, -0.2) is 25.7 Å². The van der Waals surface area contributed by atoms with Gasteiger partial charge in [-0.25, -0.2) is 4.79 Å². The molecule has 1 rings (SSSR count). The van der Waals surface area contributed by atoms with E-state index in [4.69, 9.17) is 9.47 Å². The highest BCUT2D eigenvalue weighted by atomic mass is 16.5. The van der Waals surface area contributed by atoms with Gasteiger partial charge in [-0.3, -0.25) is 0 Å². The third-order valence-electron chi connectivity index (χ3n) is 3.40. The van der Waals surface area contributed by atoms with E-state index in [1.807, 2.05) is 24.3 Å². The fourth-order valence-electron chi connectivity index (χ4n) is 2.50. The highest BCUT2D eigenvalue weighted by molar-refractivity contribution is 5.84. The zero-order chi connectivity index (χ0) is 15.0. The van der Waals surface area contributed by atoms with Gasteiger partial charge in [-0.1, -0.05) is 26.7 Å². The lowest BCUT2D eigenvalue weighted by Crippen LogP contribution is -2.47. The number of esters is 1. The van der Waals surface area contributed by atoms with Crippen molar-refractivity contribution in [2.24, 2.45) is 0 Å². The average Bonchev–Trinajstić information content (AvgIpc) is 2.47. The molecule has 20 heavy (non-hydrogen) atoms. The minimum absolute atomic E-state index is 0.197. The van der Waals surface area contributed by atoms with Crippen LogP contribution >= 0.6 is 0 Å². The number of nitrogens with one attached hydrogen (secondary N) is 1. The van der Waals surface area contributed by atoms with E-state index >= 15 is 0 Å². The number of methoxy groups -OCH3 is 2. The summed E-state index contributed by atoms with van der Waals surface area (Å²) in [4.78, 5) is 12.2. The lowest BCUT2D eigenvalue weighted by Gasteiger charge is -2.32. The van der Waals surface area contributed by atoms with E-state index in [2.05, 4.69) is 19.2 Å². The normalized spacial score (nSPS) is 11.0. The Morgan fingerprint density at radius 1 is 1.10 bits per heavy atom. The summed E-state index contributed by atoms with van der Waals surface area (Å²) in [5, 5.41) is 3.37. The molecule has 1 aromatic rings. The van der Waals surface area contributed by atoms with Crippen molar-refractivity contribution in [2.45, 2.75) is 45.1 Å². The first-order chi connectivity index (χ1) is 9.61. The van der Waals surface area contributed by atoms with E-state index in [9.17, 15) is 4.79 Å². The van der Waals surface area contributed by atoms with Gasteiger partial charge in [-0.2, -0.15) is 0 Å². The third kappa shape index (κ3) is 3.89. The average molecular weight is 279 g/mol. The van der Waals surface area contributed by atoms with Crippen LogP contribution in [0.3, 0.4) is 0 Å². The third-order valence-corrected chi connectivity index (χ3v) is 3.40. The van der Waals surface area contributed by atoms with E-state index in [-0.39, 0.29) is 5.97 Å². The number of hydrogen-bond acceptors (Lipinski definition) is 4. The largest absolute Gasteiger partial charge is 0.497 e. The molecule has 4 heteroatoms. The molecular formula is C16H25NO3. The summed E-state index contributed by atoms with van der Waals surface area (Å²) in [6, 6.07) is 7.59. The van der Waals surface area contributed by atoms with Gasteiger partial charge in [0.15, 0.2) is 0 Å². The second-order valence-electron chi connectivity index (χ2n) is 4.93. The van der Waals surface area contributed by atoms with Gasteiger partial charge in [0.2, 0.25) is 0 Å². The van der Waals surface area contributed by atoms with Crippen molar-refractivity contribution in [1.29, 1.82) is 0 Å². The summed E-state index contributed by atoms with van der Waals surface area (Å²) in [6.45, 7) is 4.14. The molecule has 112 valence electrons. The van der Waals surface area contributed by atoms with Crippen LogP contribution in [0.2, 0.25) is 0 Å². The predicted octanol–water partition coefficient (Wildman–Crippen LogP) is 3.62. The molecule has 0 fully saturated rings. The maximum absolute atomic E-state index is 12.2. The maximum Gasteiger partial charge on any atom is 0.331 e. The monoisotopic (exact) mass is 279 g/mol. The van der Waals surface area contributed by atoms with Crippen LogP contribution in [0.5, 0.6) is 5.75 Å². The summed E-state index contributed by atoms with van der Waals surface area (Å²) >= 11 is 0. The molecule has 0 amide bonds. The maximum atomic E-state index is 12.2. The van der Waals surface area contributed by atoms with Crippen LogP contribution in [0, 0.1) is 0 Å². The second-order valence-corrected chi connectivity index (χ2v) is 4.93. The Morgan fingerprint density at radius 3 is 2.05 bits per heavy atom. The molecule has 0 aliphatic rings. The number of anilines is 1. The molecule has 1 N–H and O–H groups in total. The van der Waals surface area contributed by atoms with E-state index in [1.165, 1.54) is 7.11 Å². The smallest absolute Gasteiger partial charge is 0.331 e. The lowest BCUT2D eigenvalue weighted by atomic mass is 9.88. The Labute approximate surface area is 121 Å². The Bertz CT molecular complexity index is 408. The number of ether oxygens (including phenoxy) is 2. The molecule has 0 saturated carbocycles. The molecule has 0 atom stereocenters. The molecular weight excluding hydrogens is 254 g/mol. The van der Waals surface area contributed by atoms with Crippen LogP contribution in [0.1, 0.15) is 39.5 Å². The van der Waals surface area contributed by atoms with E-state index in [0.717, 1.165) is 37.1 Å². The number of carbonyl (C=O) groups excluding carboxylic acids is 1. The summed E-state index contributed by atoms with van der Waals surface area (Å²) < 4.78 is 10.2. The molecule has 0 aliphatic carbocycles. The van der Waals surface area contributed by atoms with Crippen molar-refractivity contribution >= 4 is 11.7 Å². The molecule has 0 aliphatic heterocycles. The highest BCUT2D eigenvalue weighted by Crippen LogP contribution is 2.28. The molecule has 0 unspecified atom stereocenters. The van der Waals surface area contributed by atoms with Gasteiger partial charge in [0.1, 0.15) is 11.3 Å². The molecule has 0 bridgehead atoms. The Hall–Kier alpha value is -1.71. The summed E-state index contributed by atoms with van der Waals surface area (Å²) in [5.41, 5.74) is 0.255. The van der Waals surface area contributed by atoms with Crippen molar-refractivity contribution in [1.82, 2.24) is 0 Å². The molecule has 1 aromatic carbocycles. The molecule has 0 radical (unpaired) electrons. The fraction of sp³-hybridized carbons (Fsp3) is 0.562. The van der Waals surface area contributed by atoms with Gasteiger partial charge in [0.05, 0.1) is 14.2 Å². The number of rotatable bonds is 8. The molecule has 0 heterocycles. The first kappa shape index (κ1) is 16.3. The van der Waals surface area contributed by atoms with Gasteiger partial charge in [-0.15, -0.1) is 0 Å². The summed E-state index contributed by atoms with van der Waals surface area (Å²) in [5.74, 6) is 0.599. The SMILES string of the molecule is CCCC(CCC)(Nc1ccc(OC)cc1)C(=O)OC. The minimum Gasteiger partial charge on any atom is -0.497 e. The quantitative estimate of drug-likeness (QED) is 0.738. The van der Waals surface area contributed by atoms with Crippen LogP contribution in [-0.2, 0) is 9.53 Å². The summed E-state index contributed by atoms with van der Waals surface area (Å²) in [6.07, 6.45) is 3.33. The fourth-order valence-corrected chi connectivity index (χ4v) is 2.50. The Kier molecular flexibility index (Phi) is 6.36. The van der Waals surface area contributed by atoms with Gasteiger partial charge >= 0.3 is 5.97 Å². The van der Waals surface area contributed by atoms with Gasteiger partial charge in [0, 0.05) is 5.69 Å². The number of hydrogen-bond donors (Lipinski definition) is 1. The molecule has 0 aromatic heterocycles. The standard InChI is InChI=1S/C16H25NO3/c1-5-11-16(12-6-2,15(18)20-4)17-13-7-9-14(19-3)10-8-13/h7-10,17H,5-6,11-12H2,1-4H3. The van der Waals surface area contributed by atoms with Crippen molar-refractivity contribution in [3.8, 4) is 5.75 Å².